The molecule has 1 aliphatic heterocycles. The van der Waals surface area contributed by atoms with Crippen LogP contribution in [0.5, 0.6) is 0 Å². The highest BCUT2D eigenvalue weighted by Crippen LogP contribution is 2.20. The van der Waals surface area contributed by atoms with Gasteiger partial charge in [-0.25, -0.2) is 0 Å². The zero-order valence-electron chi connectivity index (χ0n) is 6.59. The molecule has 0 fully saturated rings. The van der Waals surface area contributed by atoms with Gasteiger partial charge in [-0.05, 0) is 13.3 Å². The molecule has 1 nitrogen and oxygen atoms in total. The second-order valence-electron chi connectivity index (χ2n) is 3.17. The molecule has 0 spiro atoms. The van der Waals surface area contributed by atoms with Crippen LogP contribution in [0.2, 0.25) is 0 Å². The van der Waals surface area contributed by atoms with E-state index in [2.05, 4.69) is 33.2 Å². The van der Waals surface area contributed by atoms with Crippen LogP contribution in [0.15, 0.2) is 12.3 Å². The van der Waals surface area contributed by atoms with Crippen LogP contribution in [0.3, 0.4) is 0 Å². The fourth-order valence-electron chi connectivity index (χ4n) is 1.18. The van der Waals surface area contributed by atoms with Gasteiger partial charge in [0.05, 0.1) is 19.3 Å². The molecule has 0 aliphatic carbocycles. The molecule has 1 aliphatic rings. The first-order valence-electron chi connectivity index (χ1n) is 3.71. The molecule has 0 aromatic rings. The Morgan fingerprint density at radius 1 is 1.67 bits per heavy atom. The van der Waals surface area contributed by atoms with Crippen molar-refractivity contribution in [1.82, 2.24) is 0 Å². The monoisotopic (exact) mass is 126 g/mol. The topological polar surface area (TPSA) is 0 Å². The van der Waals surface area contributed by atoms with Gasteiger partial charge in [0.15, 0.2) is 0 Å². The fourth-order valence-corrected chi connectivity index (χ4v) is 1.18. The van der Waals surface area contributed by atoms with Crippen molar-refractivity contribution in [2.24, 2.45) is 0 Å². The van der Waals surface area contributed by atoms with Gasteiger partial charge >= 0.3 is 0 Å². The van der Waals surface area contributed by atoms with Crippen LogP contribution in [0, 0.1) is 0 Å². The second-order valence-corrected chi connectivity index (χ2v) is 3.17. The summed E-state index contributed by atoms with van der Waals surface area (Å²) in [5, 5.41) is 0. The molecule has 2 unspecified atom stereocenters. The zero-order valence-corrected chi connectivity index (χ0v) is 6.59. The summed E-state index contributed by atoms with van der Waals surface area (Å²) in [6, 6.07) is 0.801. The van der Waals surface area contributed by atoms with Crippen LogP contribution in [-0.2, 0) is 0 Å². The minimum atomic E-state index is 0.801. The lowest BCUT2D eigenvalue weighted by Gasteiger charge is -2.40. The van der Waals surface area contributed by atoms with Crippen LogP contribution in [0.1, 0.15) is 20.3 Å². The molecule has 0 aromatic heterocycles. The standard InChI is InChI=1S/C8H16N/c1-4-8(2)9(3)6-5-7-9/h5-6,8H,4,7H2,1-3H3/q+1. The summed E-state index contributed by atoms with van der Waals surface area (Å²) in [7, 11) is 2.29. The molecule has 0 radical (unpaired) electrons. The number of quaternary nitrogens is 1. The highest BCUT2D eigenvalue weighted by Gasteiger charge is 2.29. The summed E-state index contributed by atoms with van der Waals surface area (Å²) in [4.78, 5) is 0. The molecule has 52 valence electrons. The summed E-state index contributed by atoms with van der Waals surface area (Å²) in [5.74, 6) is 0. The number of nitrogens with zero attached hydrogens (tertiary/aromatic N) is 1. The van der Waals surface area contributed by atoms with Crippen LogP contribution in [-0.4, -0.2) is 24.1 Å². The van der Waals surface area contributed by atoms with Gasteiger partial charge in [0.1, 0.15) is 6.54 Å². The van der Waals surface area contributed by atoms with E-state index in [0.29, 0.717) is 0 Å². The Labute approximate surface area is 57.6 Å². The molecule has 9 heavy (non-hydrogen) atoms. The summed E-state index contributed by atoms with van der Waals surface area (Å²) < 4.78 is 1.15. The van der Waals surface area contributed by atoms with Crippen molar-refractivity contribution >= 4 is 0 Å². The summed E-state index contributed by atoms with van der Waals surface area (Å²) >= 11 is 0. The van der Waals surface area contributed by atoms with Gasteiger partial charge in [0, 0.05) is 6.08 Å². The smallest absolute Gasteiger partial charge is 0.107 e. The SMILES string of the molecule is CCC(C)[N+]1(C)C=CC1. The van der Waals surface area contributed by atoms with Crippen molar-refractivity contribution < 1.29 is 4.48 Å². The van der Waals surface area contributed by atoms with Gasteiger partial charge in [-0.1, -0.05) is 6.92 Å². The molecule has 0 amide bonds. The molecular formula is C8H16N+. The van der Waals surface area contributed by atoms with Gasteiger partial charge in [0.25, 0.3) is 0 Å². The van der Waals surface area contributed by atoms with E-state index in [4.69, 9.17) is 0 Å². The Morgan fingerprint density at radius 3 is 2.33 bits per heavy atom. The molecule has 0 saturated heterocycles. The maximum atomic E-state index is 2.31. The molecule has 0 bridgehead atoms. The summed E-state index contributed by atoms with van der Waals surface area (Å²) in [6.45, 7) is 5.79. The van der Waals surface area contributed by atoms with E-state index in [9.17, 15) is 0 Å². The van der Waals surface area contributed by atoms with Gasteiger partial charge < -0.3 is 0 Å². The Morgan fingerprint density at radius 2 is 2.22 bits per heavy atom. The molecule has 1 rings (SSSR count). The van der Waals surface area contributed by atoms with Crippen molar-refractivity contribution in [3.8, 4) is 0 Å². The number of rotatable bonds is 2. The highest BCUT2D eigenvalue weighted by molar-refractivity contribution is 4.86. The molecule has 1 heteroatoms. The third-order valence-corrected chi connectivity index (χ3v) is 2.54. The van der Waals surface area contributed by atoms with Gasteiger partial charge in [-0.3, -0.25) is 4.48 Å². The van der Waals surface area contributed by atoms with Crippen LogP contribution >= 0.6 is 0 Å². The third-order valence-electron chi connectivity index (χ3n) is 2.54. The molecule has 0 saturated carbocycles. The zero-order chi connectivity index (χ0) is 6.91. The Hall–Kier alpha value is -0.300. The highest BCUT2D eigenvalue weighted by atomic mass is 15.4. The van der Waals surface area contributed by atoms with Crippen molar-refractivity contribution in [3.63, 3.8) is 0 Å². The second kappa shape index (κ2) is 2.14. The van der Waals surface area contributed by atoms with Gasteiger partial charge in [-0.2, -0.15) is 0 Å². The molecule has 0 aromatic carbocycles. The third kappa shape index (κ3) is 1.01. The predicted octanol–water partition coefficient (Wildman–Crippen LogP) is 1.76. The molecule has 1 heterocycles. The molecule has 0 N–H and O–H groups in total. The average molecular weight is 126 g/mol. The van der Waals surface area contributed by atoms with E-state index in [0.717, 1.165) is 10.5 Å². The Kier molecular flexibility index (Phi) is 1.62. The van der Waals surface area contributed by atoms with E-state index < -0.39 is 0 Å². The normalized spacial score (nSPS) is 35.9. The minimum absolute atomic E-state index is 0.801. The first-order valence-corrected chi connectivity index (χ1v) is 3.71. The summed E-state index contributed by atoms with van der Waals surface area (Å²) in [6.07, 6.45) is 5.81. The number of likely N-dealkylation sites (N-methyl/N-ethyl adjacent to an activating group) is 1. The predicted molar refractivity (Wildman–Crippen MR) is 39.9 cm³/mol. The Balaban J connectivity index is 2.50. The van der Waals surface area contributed by atoms with Crippen LogP contribution in [0.4, 0.5) is 0 Å². The van der Waals surface area contributed by atoms with Gasteiger partial charge in [-0.15, -0.1) is 0 Å². The average Bonchev–Trinajstić information content (AvgIpc) is 1.81. The maximum Gasteiger partial charge on any atom is 0.107 e. The van der Waals surface area contributed by atoms with Gasteiger partial charge in [0.2, 0.25) is 0 Å². The first-order chi connectivity index (χ1) is 4.19. The van der Waals surface area contributed by atoms with E-state index in [1.54, 1.807) is 0 Å². The fraction of sp³-hybridized carbons (Fsp3) is 0.750. The van der Waals surface area contributed by atoms with E-state index in [1.165, 1.54) is 13.0 Å². The molecule has 2 atom stereocenters. The number of hydrogen-bond acceptors (Lipinski definition) is 0. The van der Waals surface area contributed by atoms with Crippen LogP contribution < -0.4 is 0 Å². The van der Waals surface area contributed by atoms with E-state index >= 15 is 0 Å². The van der Waals surface area contributed by atoms with E-state index in [1.807, 2.05) is 0 Å². The quantitative estimate of drug-likeness (QED) is 0.494. The Bertz CT molecular complexity index is 129. The lowest BCUT2D eigenvalue weighted by Crippen LogP contribution is -2.50. The number of hydrogen-bond donors (Lipinski definition) is 0. The maximum absolute atomic E-state index is 2.31. The lowest BCUT2D eigenvalue weighted by atomic mass is 10.1. The summed E-state index contributed by atoms with van der Waals surface area (Å²) in [5.41, 5.74) is 0. The largest absolute Gasteiger partial charge is 0.294 e. The molecular weight excluding hydrogens is 110 g/mol. The van der Waals surface area contributed by atoms with Crippen molar-refractivity contribution in [2.45, 2.75) is 26.3 Å². The van der Waals surface area contributed by atoms with Crippen molar-refractivity contribution in [2.75, 3.05) is 13.6 Å². The van der Waals surface area contributed by atoms with Crippen molar-refractivity contribution in [1.29, 1.82) is 0 Å². The first kappa shape index (κ1) is 6.81. The minimum Gasteiger partial charge on any atom is -0.294 e. The lowest BCUT2D eigenvalue weighted by molar-refractivity contribution is -0.893. The van der Waals surface area contributed by atoms with Crippen LogP contribution in [0.25, 0.3) is 0 Å². The van der Waals surface area contributed by atoms with E-state index in [-0.39, 0.29) is 0 Å². The van der Waals surface area contributed by atoms with Crippen molar-refractivity contribution in [3.05, 3.63) is 12.3 Å².